The molecular weight excluding hydrogens is 524 g/mol. The lowest BCUT2D eigenvalue weighted by atomic mass is 10.1. The number of ether oxygens (including phenoxy) is 1. The van der Waals surface area contributed by atoms with Crippen molar-refractivity contribution < 1.29 is 14.3 Å². The summed E-state index contributed by atoms with van der Waals surface area (Å²) in [6.07, 6.45) is 0.733. The number of carbonyl (C=O) groups is 2. The molecule has 2 amide bonds. The van der Waals surface area contributed by atoms with Crippen LogP contribution < -0.4 is 15.4 Å². The number of hydrogen-bond acceptors (Lipinski definition) is 3. The summed E-state index contributed by atoms with van der Waals surface area (Å²) in [6.45, 7) is 2.23. The monoisotopic (exact) mass is 544 g/mol. The van der Waals surface area contributed by atoms with Gasteiger partial charge in [-0.25, -0.2) is 0 Å². The first kappa shape index (κ1) is 23.0. The standard InChI is InChI=1S/C24H22Br2N2O3/c1-16-13-18(25)14-20(26)23(16)31-15-22(29)28-21-10-6-5-9-19(21)24(30)27-12-11-17-7-3-2-4-8-17/h2-10,13-14H,11-12,15H2,1H3,(H,27,30)(H,28,29). The molecule has 0 fully saturated rings. The zero-order chi connectivity index (χ0) is 22.2. The number of aryl methyl sites for hydroxylation is 1. The first-order chi connectivity index (χ1) is 14.9. The molecule has 0 atom stereocenters. The second-order valence-corrected chi connectivity index (χ2v) is 8.68. The highest BCUT2D eigenvalue weighted by molar-refractivity contribution is 9.11. The fourth-order valence-corrected chi connectivity index (χ4v) is 4.60. The van der Waals surface area contributed by atoms with E-state index in [2.05, 4.69) is 42.5 Å². The molecular formula is C24H22Br2N2O3. The molecule has 3 rings (SSSR count). The number of anilines is 1. The number of nitrogens with one attached hydrogen (secondary N) is 2. The van der Waals surface area contributed by atoms with Gasteiger partial charge in [0.2, 0.25) is 0 Å². The Morgan fingerprint density at radius 3 is 2.42 bits per heavy atom. The second-order valence-electron chi connectivity index (χ2n) is 6.91. The van der Waals surface area contributed by atoms with Gasteiger partial charge in [-0.1, -0.05) is 58.4 Å². The first-order valence-electron chi connectivity index (χ1n) is 9.73. The Balaban J connectivity index is 1.58. The maximum Gasteiger partial charge on any atom is 0.262 e. The number of para-hydroxylation sites is 1. The van der Waals surface area contributed by atoms with E-state index in [4.69, 9.17) is 4.74 Å². The molecule has 0 aliphatic heterocycles. The molecule has 0 aromatic heterocycles. The summed E-state index contributed by atoms with van der Waals surface area (Å²) in [6, 6.07) is 20.6. The average Bonchev–Trinajstić information content (AvgIpc) is 2.74. The third-order valence-electron chi connectivity index (χ3n) is 4.53. The molecule has 0 heterocycles. The Kier molecular flexibility index (Phi) is 8.26. The normalized spacial score (nSPS) is 10.4. The molecule has 2 N–H and O–H groups in total. The zero-order valence-electron chi connectivity index (χ0n) is 17.0. The number of hydrogen-bond donors (Lipinski definition) is 2. The Labute approximate surface area is 198 Å². The molecule has 0 unspecified atom stereocenters. The van der Waals surface area contributed by atoms with Crippen molar-refractivity contribution >= 4 is 49.4 Å². The summed E-state index contributed by atoms with van der Waals surface area (Å²) in [5.74, 6) is 0.0169. The minimum atomic E-state index is -0.348. The fourth-order valence-electron chi connectivity index (χ4n) is 3.05. The topological polar surface area (TPSA) is 67.4 Å². The summed E-state index contributed by atoms with van der Waals surface area (Å²) in [7, 11) is 0. The van der Waals surface area contributed by atoms with E-state index in [-0.39, 0.29) is 18.4 Å². The maximum atomic E-state index is 12.6. The van der Waals surface area contributed by atoms with Crippen LogP contribution in [0, 0.1) is 6.92 Å². The van der Waals surface area contributed by atoms with Crippen LogP contribution in [0.25, 0.3) is 0 Å². The van der Waals surface area contributed by atoms with Gasteiger partial charge in [0.05, 0.1) is 15.7 Å². The van der Waals surface area contributed by atoms with Crippen LogP contribution in [0.15, 0.2) is 75.7 Å². The molecule has 0 saturated heterocycles. The van der Waals surface area contributed by atoms with Crippen LogP contribution in [0.5, 0.6) is 5.75 Å². The fraction of sp³-hybridized carbons (Fsp3) is 0.167. The van der Waals surface area contributed by atoms with Crippen molar-refractivity contribution in [3.8, 4) is 5.75 Å². The SMILES string of the molecule is Cc1cc(Br)cc(Br)c1OCC(=O)Nc1ccccc1C(=O)NCCc1ccccc1. The summed E-state index contributed by atoms with van der Waals surface area (Å²) < 4.78 is 7.36. The Bertz CT molecular complexity index is 1050. The Hall–Kier alpha value is -2.64. The molecule has 3 aromatic carbocycles. The molecule has 0 aliphatic rings. The molecule has 0 aliphatic carbocycles. The smallest absolute Gasteiger partial charge is 0.262 e. The molecule has 160 valence electrons. The van der Waals surface area contributed by atoms with Crippen molar-refractivity contribution in [1.29, 1.82) is 0 Å². The molecule has 0 spiro atoms. The number of benzene rings is 3. The van der Waals surface area contributed by atoms with Crippen molar-refractivity contribution in [3.63, 3.8) is 0 Å². The number of carbonyl (C=O) groups excluding carboxylic acids is 2. The van der Waals surface area contributed by atoms with Crippen LogP contribution in [0.3, 0.4) is 0 Å². The van der Waals surface area contributed by atoms with Gasteiger partial charge in [-0.2, -0.15) is 0 Å². The van der Waals surface area contributed by atoms with Gasteiger partial charge in [-0.3, -0.25) is 9.59 Å². The van der Waals surface area contributed by atoms with Crippen LogP contribution in [0.1, 0.15) is 21.5 Å². The van der Waals surface area contributed by atoms with E-state index in [1.807, 2.05) is 49.4 Å². The van der Waals surface area contributed by atoms with Gasteiger partial charge in [-0.05, 0) is 64.7 Å². The van der Waals surface area contributed by atoms with E-state index >= 15 is 0 Å². The van der Waals surface area contributed by atoms with Gasteiger partial charge in [0, 0.05) is 11.0 Å². The van der Waals surface area contributed by atoms with E-state index in [9.17, 15) is 9.59 Å². The van der Waals surface area contributed by atoms with Gasteiger partial charge in [0.15, 0.2) is 6.61 Å². The third kappa shape index (κ3) is 6.67. The average molecular weight is 546 g/mol. The predicted octanol–water partition coefficient (Wildman–Crippen LogP) is 5.51. The zero-order valence-corrected chi connectivity index (χ0v) is 20.1. The molecule has 0 saturated carbocycles. The summed E-state index contributed by atoms with van der Waals surface area (Å²) >= 11 is 6.87. The lowest BCUT2D eigenvalue weighted by Crippen LogP contribution is -2.28. The molecule has 0 bridgehead atoms. The van der Waals surface area contributed by atoms with Gasteiger partial charge in [0.25, 0.3) is 11.8 Å². The molecule has 3 aromatic rings. The van der Waals surface area contributed by atoms with Gasteiger partial charge in [-0.15, -0.1) is 0 Å². The number of amides is 2. The maximum absolute atomic E-state index is 12.6. The van der Waals surface area contributed by atoms with Gasteiger partial charge < -0.3 is 15.4 Å². The van der Waals surface area contributed by atoms with Gasteiger partial charge >= 0.3 is 0 Å². The van der Waals surface area contributed by atoms with E-state index in [1.54, 1.807) is 24.3 Å². The molecule has 7 heteroatoms. The van der Waals surface area contributed by atoms with Crippen molar-refractivity contribution in [2.45, 2.75) is 13.3 Å². The van der Waals surface area contributed by atoms with E-state index < -0.39 is 0 Å². The summed E-state index contributed by atoms with van der Waals surface area (Å²) in [4.78, 5) is 25.1. The Morgan fingerprint density at radius 1 is 0.968 bits per heavy atom. The molecule has 0 radical (unpaired) electrons. The van der Waals surface area contributed by atoms with Crippen LogP contribution in [0.4, 0.5) is 5.69 Å². The minimum Gasteiger partial charge on any atom is -0.482 e. The van der Waals surface area contributed by atoms with E-state index in [0.717, 1.165) is 26.5 Å². The first-order valence-corrected chi connectivity index (χ1v) is 11.3. The number of rotatable bonds is 8. The minimum absolute atomic E-state index is 0.176. The highest BCUT2D eigenvalue weighted by atomic mass is 79.9. The predicted molar refractivity (Wildman–Crippen MR) is 130 cm³/mol. The van der Waals surface area contributed by atoms with Crippen LogP contribution in [-0.4, -0.2) is 25.0 Å². The van der Waals surface area contributed by atoms with Crippen molar-refractivity contribution in [2.75, 3.05) is 18.5 Å². The van der Waals surface area contributed by atoms with E-state index in [1.165, 1.54) is 0 Å². The van der Waals surface area contributed by atoms with E-state index in [0.29, 0.717) is 23.5 Å². The quantitative estimate of drug-likeness (QED) is 0.392. The summed E-state index contributed by atoms with van der Waals surface area (Å²) in [5, 5.41) is 5.68. The molecule has 5 nitrogen and oxygen atoms in total. The lowest BCUT2D eigenvalue weighted by Gasteiger charge is -2.14. The van der Waals surface area contributed by atoms with Crippen LogP contribution >= 0.6 is 31.9 Å². The largest absolute Gasteiger partial charge is 0.482 e. The second kappa shape index (κ2) is 11.1. The lowest BCUT2D eigenvalue weighted by molar-refractivity contribution is -0.118. The molecule has 31 heavy (non-hydrogen) atoms. The van der Waals surface area contributed by atoms with Crippen LogP contribution in [0.2, 0.25) is 0 Å². The van der Waals surface area contributed by atoms with Crippen molar-refractivity contribution in [1.82, 2.24) is 5.32 Å². The number of halogens is 2. The van der Waals surface area contributed by atoms with Crippen molar-refractivity contribution in [2.24, 2.45) is 0 Å². The summed E-state index contributed by atoms with van der Waals surface area (Å²) in [5.41, 5.74) is 2.90. The van der Waals surface area contributed by atoms with Crippen LogP contribution in [-0.2, 0) is 11.2 Å². The van der Waals surface area contributed by atoms with Gasteiger partial charge in [0.1, 0.15) is 5.75 Å². The highest BCUT2D eigenvalue weighted by Gasteiger charge is 2.14. The van der Waals surface area contributed by atoms with Crippen molar-refractivity contribution in [3.05, 3.63) is 92.4 Å². The highest BCUT2D eigenvalue weighted by Crippen LogP contribution is 2.32. The Morgan fingerprint density at radius 2 is 1.68 bits per heavy atom. The third-order valence-corrected chi connectivity index (χ3v) is 5.58.